The van der Waals surface area contributed by atoms with Crippen LogP contribution in [0.3, 0.4) is 0 Å². The molecule has 0 aliphatic carbocycles. The van der Waals surface area contributed by atoms with Gasteiger partial charge in [0.1, 0.15) is 5.82 Å². The summed E-state index contributed by atoms with van der Waals surface area (Å²) in [5, 5.41) is 23.7. The molecular weight excluding hydrogens is 296 g/mol. The fourth-order valence-corrected chi connectivity index (χ4v) is 1.75. The Balaban J connectivity index is 2.94. The van der Waals surface area contributed by atoms with Gasteiger partial charge in [0, 0.05) is 17.5 Å². The number of benzene rings is 1. The van der Waals surface area contributed by atoms with Gasteiger partial charge in [0.15, 0.2) is 0 Å². The van der Waals surface area contributed by atoms with Crippen LogP contribution >= 0.6 is 0 Å². The molecule has 0 spiro atoms. The van der Waals surface area contributed by atoms with Gasteiger partial charge in [-0.05, 0) is 60.1 Å². The van der Waals surface area contributed by atoms with Crippen LogP contribution in [0.5, 0.6) is 0 Å². The number of nitrogens with one attached hydrogen (secondary N) is 1. The van der Waals surface area contributed by atoms with E-state index in [-0.39, 0.29) is 11.0 Å². The molecule has 23 heavy (non-hydrogen) atoms. The quantitative estimate of drug-likeness (QED) is 0.700. The van der Waals surface area contributed by atoms with E-state index in [9.17, 15) is 14.5 Å². The summed E-state index contributed by atoms with van der Waals surface area (Å²) >= 11 is 0. The van der Waals surface area contributed by atoms with Gasteiger partial charge in [0.05, 0.1) is 11.2 Å². The van der Waals surface area contributed by atoms with Gasteiger partial charge in [-0.25, -0.2) is 4.39 Å². The summed E-state index contributed by atoms with van der Waals surface area (Å²) in [6.07, 6.45) is 0. The van der Waals surface area contributed by atoms with E-state index in [0.717, 1.165) is 5.56 Å². The van der Waals surface area contributed by atoms with Crippen molar-refractivity contribution in [2.24, 2.45) is 0 Å². The Morgan fingerprint density at radius 1 is 1.13 bits per heavy atom. The van der Waals surface area contributed by atoms with Crippen LogP contribution in [0.15, 0.2) is 18.2 Å². The smallest absolute Gasteiger partial charge is 0.423 e. The molecule has 0 radical (unpaired) electrons. The fourth-order valence-electron chi connectivity index (χ4n) is 1.75. The van der Waals surface area contributed by atoms with Crippen molar-refractivity contribution < 1.29 is 19.2 Å². The summed E-state index contributed by atoms with van der Waals surface area (Å²) < 4.78 is 19.6. The lowest BCUT2D eigenvalue weighted by Crippen LogP contribution is -2.53. The Kier molecular flexibility index (Phi) is 6.02. The second-order valence-corrected chi connectivity index (χ2v) is 8.00. The van der Waals surface area contributed by atoms with Gasteiger partial charge in [-0.2, -0.15) is 0 Å². The van der Waals surface area contributed by atoms with E-state index >= 15 is 0 Å². The molecule has 0 amide bonds. The van der Waals surface area contributed by atoms with Crippen LogP contribution in [0.1, 0.15) is 54.0 Å². The molecule has 4 nitrogen and oxygen atoms in total. The number of aliphatic hydroxyl groups is 1. The summed E-state index contributed by atoms with van der Waals surface area (Å²) in [4.78, 5) is 0. The lowest BCUT2D eigenvalue weighted by molar-refractivity contribution is -0.0983. The third-order valence-corrected chi connectivity index (χ3v) is 4.03. The van der Waals surface area contributed by atoms with Crippen molar-refractivity contribution in [1.82, 2.24) is 5.32 Å². The molecule has 0 aliphatic heterocycles. The molecule has 3 N–H and O–H groups in total. The van der Waals surface area contributed by atoms with Crippen LogP contribution in [0, 0.1) is 5.82 Å². The molecule has 130 valence electrons. The van der Waals surface area contributed by atoms with E-state index in [1.807, 2.05) is 20.8 Å². The van der Waals surface area contributed by atoms with Gasteiger partial charge < -0.3 is 20.1 Å². The standard InChI is InChI=1S/C17H29BFNO3/c1-15(2,3)20-11-12-8-9-14(19)13(10-12)18(22)23-17(6,7)16(4,5)21/h8-10,20-22H,11H2,1-7H3. The predicted octanol–water partition coefficient (Wildman–Crippen LogP) is 1.97. The normalized spacial score (nSPS) is 13.3. The Labute approximate surface area is 139 Å². The summed E-state index contributed by atoms with van der Waals surface area (Å²) in [6.45, 7) is 13.2. The van der Waals surface area contributed by atoms with Crippen LogP contribution in [-0.2, 0) is 11.2 Å². The minimum Gasteiger partial charge on any atom is -0.423 e. The van der Waals surface area contributed by atoms with Crippen molar-refractivity contribution >= 4 is 12.6 Å². The van der Waals surface area contributed by atoms with Crippen molar-refractivity contribution in [3.63, 3.8) is 0 Å². The number of hydrogen-bond donors (Lipinski definition) is 3. The Morgan fingerprint density at radius 2 is 1.70 bits per heavy atom. The fraction of sp³-hybridized carbons (Fsp3) is 0.647. The maximum absolute atomic E-state index is 14.0. The molecular formula is C17H29BFNO3. The molecule has 0 saturated heterocycles. The average Bonchev–Trinajstić information content (AvgIpc) is 2.34. The van der Waals surface area contributed by atoms with Crippen molar-refractivity contribution in [3.05, 3.63) is 29.6 Å². The van der Waals surface area contributed by atoms with E-state index in [2.05, 4.69) is 5.32 Å². The zero-order valence-corrected chi connectivity index (χ0v) is 15.2. The van der Waals surface area contributed by atoms with E-state index in [1.54, 1.807) is 39.8 Å². The van der Waals surface area contributed by atoms with Crippen LogP contribution in [0.4, 0.5) is 4.39 Å². The molecule has 0 unspecified atom stereocenters. The lowest BCUT2D eigenvalue weighted by atomic mass is 9.75. The largest absolute Gasteiger partial charge is 0.494 e. The molecule has 0 aromatic heterocycles. The first-order chi connectivity index (χ1) is 10.2. The molecule has 1 aromatic carbocycles. The third kappa shape index (κ3) is 5.88. The maximum Gasteiger partial charge on any atom is 0.494 e. The highest BCUT2D eigenvalue weighted by molar-refractivity contribution is 6.60. The van der Waals surface area contributed by atoms with E-state index in [0.29, 0.717) is 6.54 Å². The van der Waals surface area contributed by atoms with E-state index < -0.39 is 24.1 Å². The zero-order valence-electron chi connectivity index (χ0n) is 15.2. The summed E-state index contributed by atoms with van der Waals surface area (Å²) in [6, 6.07) is 4.57. The van der Waals surface area contributed by atoms with E-state index in [4.69, 9.17) is 4.65 Å². The molecule has 0 atom stereocenters. The van der Waals surface area contributed by atoms with Gasteiger partial charge in [-0.3, -0.25) is 0 Å². The molecule has 6 heteroatoms. The van der Waals surface area contributed by atoms with Crippen LogP contribution in [-0.4, -0.2) is 34.0 Å². The summed E-state index contributed by atoms with van der Waals surface area (Å²) in [5.41, 5.74) is -1.38. The van der Waals surface area contributed by atoms with Gasteiger partial charge in [-0.1, -0.05) is 12.1 Å². The number of hydrogen-bond acceptors (Lipinski definition) is 4. The highest BCUT2D eigenvalue weighted by Crippen LogP contribution is 2.25. The van der Waals surface area contributed by atoms with Gasteiger partial charge >= 0.3 is 7.12 Å². The van der Waals surface area contributed by atoms with Crippen LogP contribution in [0.2, 0.25) is 0 Å². The Morgan fingerprint density at radius 3 is 2.17 bits per heavy atom. The van der Waals surface area contributed by atoms with Crippen molar-refractivity contribution in [2.45, 2.75) is 71.8 Å². The first-order valence-corrected chi connectivity index (χ1v) is 7.84. The molecule has 1 aromatic rings. The molecule has 1 rings (SSSR count). The van der Waals surface area contributed by atoms with Gasteiger partial charge in [0.2, 0.25) is 0 Å². The third-order valence-electron chi connectivity index (χ3n) is 4.03. The zero-order chi connectivity index (χ0) is 18.1. The predicted molar refractivity (Wildman–Crippen MR) is 92.1 cm³/mol. The van der Waals surface area contributed by atoms with Gasteiger partial charge in [0.25, 0.3) is 0 Å². The highest BCUT2D eigenvalue weighted by Gasteiger charge is 2.40. The molecule has 0 fully saturated rings. The Bertz CT molecular complexity index is 536. The average molecular weight is 325 g/mol. The lowest BCUT2D eigenvalue weighted by Gasteiger charge is -2.38. The van der Waals surface area contributed by atoms with Gasteiger partial charge in [-0.15, -0.1) is 0 Å². The second-order valence-electron chi connectivity index (χ2n) is 8.00. The van der Waals surface area contributed by atoms with Crippen molar-refractivity contribution in [3.8, 4) is 0 Å². The number of rotatable bonds is 6. The molecule has 0 heterocycles. The first-order valence-electron chi connectivity index (χ1n) is 7.84. The number of halogens is 1. The van der Waals surface area contributed by atoms with Crippen LogP contribution < -0.4 is 10.8 Å². The SMILES string of the molecule is CC(C)(C)NCc1ccc(F)c(B(O)OC(C)(C)C(C)(C)O)c1. The van der Waals surface area contributed by atoms with Crippen molar-refractivity contribution in [2.75, 3.05) is 0 Å². The molecule has 0 aliphatic rings. The van der Waals surface area contributed by atoms with E-state index in [1.165, 1.54) is 6.07 Å². The van der Waals surface area contributed by atoms with Crippen molar-refractivity contribution in [1.29, 1.82) is 0 Å². The molecule has 0 saturated carbocycles. The Hall–Kier alpha value is -0.945. The topological polar surface area (TPSA) is 61.7 Å². The molecule has 0 bridgehead atoms. The minimum atomic E-state index is -1.45. The highest BCUT2D eigenvalue weighted by atomic mass is 19.1. The summed E-state index contributed by atoms with van der Waals surface area (Å²) in [5.74, 6) is -0.538. The maximum atomic E-state index is 14.0. The second kappa shape index (κ2) is 6.89. The van der Waals surface area contributed by atoms with Crippen LogP contribution in [0.25, 0.3) is 0 Å². The monoisotopic (exact) mass is 325 g/mol. The first kappa shape index (κ1) is 20.1. The minimum absolute atomic E-state index is 0.0629. The summed E-state index contributed by atoms with van der Waals surface area (Å²) in [7, 11) is -1.45.